The van der Waals surface area contributed by atoms with E-state index < -0.39 is 0 Å². The fraction of sp³-hybridized carbons (Fsp3) is 0.857. The SMILES string of the molecule is C.CC(=O)NC1CCN(C2CCN(C(C)=O)CC2)C1. The summed E-state index contributed by atoms with van der Waals surface area (Å²) >= 11 is 0. The van der Waals surface area contributed by atoms with Gasteiger partial charge in [0.25, 0.3) is 0 Å². The quantitative estimate of drug-likeness (QED) is 0.808. The van der Waals surface area contributed by atoms with Crippen molar-refractivity contribution in [1.29, 1.82) is 0 Å². The minimum Gasteiger partial charge on any atom is -0.352 e. The molecule has 1 atom stereocenters. The Balaban J connectivity index is 0.00000180. The van der Waals surface area contributed by atoms with Gasteiger partial charge in [-0.15, -0.1) is 0 Å². The Hall–Kier alpha value is -1.10. The lowest BCUT2D eigenvalue weighted by Gasteiger charge is -2.36. The number of likely N-dealkylation sites (tertiary alicyclic amines) is 2. The van der Waals surface area contributed by atoms with Crippen molar-refractivity contribution in [3.8, 4) is 0 Å². The normalized spacial score (nSPS) is 24.9. The van der Waals surface area contributed by atoms with Gasteiger partial charge in [0.15, 0.2) is 0 Å². The third-order valence-electron chi connectivity index (χ3n) is 4.05. The molecule has 2 heterocycles. The van der Waals surface area contributed by atoms with Gasteiger partial charge in [-0.3, -0.25) is 14.5 Å². The fourth-order valence-corrected chi connectivity index (χ4v) is 3.07. The first-order valence-corrected chi connectivity index (χ1v) is 6.83. The summed E-state index contributed by atoms with van der Waals surface area (Å²) in [6.07, 6.45) is 3.17. The van der Waals surface area contributed by atoms with Crippen LogP contribution in [-0.4, -0.2) is 59.9 Å². The van der Waals surface area contributed by atoms with E-state index in [0.717, 1.165) is 45.4 Å². The van der Waals surface area contributed by atoms with Crippen LogP contribution in [-0.2, 0) is 9.59 Å². The maximum atomic E-state index is 11.3. The first-order chi connectivity index (χ1) is 8.56. The van der Waals surface area contributed by atoms with Crippen LogP contribution in [0.25, 0.3) is 0 Å². The molecule has 1 unspecified atom stereocenters. The summed E-state index contributed by atoms with van der Waals surface area (Å²) in [7, 11) is 0. The summed E-state index contributed by atoms with van der Waals surface area (Å²) in [5.41, 5.74) is 0. The van der Waals surface area contributed by atoms with Crippen LogP contribution in [0.2, 0.25) is 0 Å². The van der Waals surface area contributed by atoms with Crippen molar-refractivity contribution in [2.24, 2.45) is 0 Å². The topological polar surface area (TPSA) is 52.7 Å². The second-order valence-electron chi connectivity index (χ2n) is 5.42. The van der Waals surface area contributed by atoms with Crippen molar-refractivity contribution in [2.45, 2.75) is 52.6 Å². The summed E-state index contributed by atoms with van der Waals surface area (Å²) < 4.78 is 0. The molecular formula is C14H27N3O2. The summed E-state index contributed by atoms with van der Waals surface area (Å²) in [4.78, 5) is 26.7. The highest BCUT2D eigenvalue weighted by molar-refractivity contribution is 5.73. The van der Waals surface area contributed by atoms with Gasteiger partial charge >= 0.3 is 0 Å². The van der Waals surface area contributed by atoms with Gasteiger partial charge in [0.2, 0.25) is 11.8 Å². The number of rotatable bonds is 2. The van der Waals surface area contributed by atoms with E-state index in [4.69, 9.17) is 0 Å². The van der Waals surface area contributed by atoms with Crippen molar-refractivity contribution in [3.05, 3.63) is 0 Å². The first-order valence-electron chi connectivity index (χ1n) is 6.83. The molecule has 2 rings (SSSR count). The Bertz CT molecular complexity index is 325. The van der Waals surface area contributed by atoms with E-state index in [0.29, 0.717) is 12.1 Å². The molecule has 110 valence electrons. The molecule has 0 spiro atoms. The van der Waals surface area contributed by atoms with Crippen LogP contribution in [0, 0.1) is 0 Å². The van der Waals surface area contributed by atoms with Crippen LogP contribution >= 0.6 is 0 Å². The van der Waals surface area contributed by atoms with Crippen molar-refractivity contribution in [3.63, 3.8) is 0 Å². The monoisotopic (exact) mass is 269 g/mol. The summed E-state index contributed by atoms with van der Waals surface area (Å²) in [5, 5.41) is 2.99. The molecule has 2 amide bonds. The van der Waals surface area contributed by atoms with Crippen molar-refractivity contribution in [1.82, 2.24) is 15.1 Å². The highest BCUT2D eigenvalue weighted by Crippen LogP contribution is 2.21. The Kier molecular flexibility index (Phi) is 5.79. The van der Waals surface area contributed by atoms with E-state index in [2.05, 4.69) is 10.2 Å². The molecule has 5 heteroatoms. The third-order valence-corrected chi connectivity index (χ3v) is 4.05. The van der Waals surface area contributed by atoms with Crippen LogP contribution < -0.4 is 5.32 Å². The number of nitrogens with one attached hydrogen (secondary N) is 1. The Morgan fingerprint density at radius 3 is 2.21 bits per heavy atom. The van der Waals surface area contributed by atoms with Gasteiger partial charge in [-0.25, -0.2) is 0 Å². The summed E-state index contributed by atoms with van der Waals surface area (Å²) in [6.45, 7) is 7.00. The van der Waals surface area contributed by atoms with E-state index in [1.807, 2.05) is 4.90 Å². The second kappa shape index (κ2) is 6.89. The number of hydrogen-bond donors (Lipinski definition) is 1. The average molecular weight is 269 g/mol. The Morgan fingerprint density at radius 1 is 1.05 bits per heavy atom. The lowest BCUT2D eigenvalue weighted by Crippen LogP contribution is -2.46. The molecule has 2 saturated heterocycles. The molecule has 0 aromatic heterocycles. The van der Waals surface area contributed by atoms with Crippen LogP contribution in [0.3, 0.4) is 0 Å². The van der Waals surface area contributed by atoms with E-state index >= 15 is 0 Å². The van der Waals surface area contributed by atoms with Crippen molar-refractivity contribution in [2.75, 3.05) is 26.2 Å². The average Bonchev–Trinajstić information content (AvgIpc) is 2.76. The molecule has 0 aliphatic carbocycles. The summed E-state index contributed by atoms with van der Waals surface area (Å²) in [6, 6.07) is 0.896. The molecule has 2 aliphatic rings. The van der Waals surface area contributed by atoms with Gasteiger partial charge in [-0.2, -0.15) is 0 Å². The van der Waals surface area contributed by atoms with Crippen molar-refractivity contribution >= 4 is 11.8 Å². The van der Waals surface area contributed by atoms with Gasteiger partial charge in [-0.1, -0.05) is 7.43 Å². The Morgan fingerprint density at radius 2 is 1.68 bits per heavy atom. The number of piperidine rings is 1. The fourth-order valence-electron chi connectivity index (χ4n) is 3.07. The molecule has 5 nitrogen and oxygen atoms in total. The third kappa shape index (κ3) is 4.20. The molecule has 0 aromatic carbocycles. The molecule has 0 aromatic rings. The van der Waals surface area contributed by atoms with Gasteiger partial charge in [0.05, 0.1) is 0 Å². The number of hydrogen-bond acceptors (Lipinski definition) is 3. The molecule has 0 saturated carbocycles. The standard InChI is InChI=1S/C13H23N3O2.CH4/c1-10(17)14-12-3-6-16(9-12)13-4-7-15(8-5-13)11(2)18;/h12-13H,3-9H2,1-2H3,(H,14,17);1H4. The zero-order valence-electron chi connectivity index (χ0n) is 11.3. The molecule has 1 N–H and O–H groups in total. The molecule has 2 fully saturated rings. The molecule has 19 heavy (non-hydrogen) atoms. The van der Waals surface area contributed by atoms with Gasteiger partial charge in [0, 0.05) is 52.1 Å². The van der Waals surface area contributed by atoms with Gasteiger partial charge in [-0.05, 0) is 19.3 Å². The van der Waals surface area contributed by atoms with E-state index in [9.17, 15) is 9.59 Å². The van der Waals surface area contributed by atoms with Crippen molar-refractivity contribution < 1.29 is 9.59 Å². The lowest BCUT2D eigenvalue weighted by atomic mass is 10.0. The Labute approximate surface area is 116 Å². The molecule has 0 bridgehead atoms. The van der Waals surface area contributed by atoms with Crippen LogP contribution in [0.15, 0.2) is 0 Å². The number of carbonyl (C=O) groups is 2. The largest absolute Gasteiger partial charge is 0.352 e. The number of amides is 2. The lowest BCUT2D eigenvalue weighted by molar-refractivity contribution is -0.130. The van der Waals surface area contributed by atoms with E-state index in [-0.39, 0.29) is 19.2 Å². The predicted molar refractivity (Wildman–Crippen MR) is 75.8 cm³/mol. The minimum atomic E-state index is 0. The van der Waals surface area contributed by atoms with Gasteiger partial charge in [0.1, 0.15) is 0 Å². The summed E-state index contributed by atoms with van der Waals surface area (Å²) in [5.74, 6) is 0.249. The predicted octanol–water partition coefficient (Wildman–Crippen LogP) is 0.844. The van der Waals surface area contributed by atoms with E-state index in [1.165, 1.54) is 0 Å². The maximum absolute atomic E-state index is 11.3. The van der Waals surface area contributed by atoms with Gasteiger partial charge < -0.3 is 10.2 Å². The smallest absolute Gasteiger partial charge is 0.219 e. The first kappa shape index (κ1) is 16.0. The zero-order valence-corrected chi connectivity index (χ0v) is 11.3. The molecule has 2 aliphatic heterocycles. The molecular weight excluding hydrogens is 242 g/mol. The highest BCUT2D eigenvalue weighted by Gasteiger charge is 2.31. The number of carbonyl (C=O) groups excluding carboxylic acids is 2. The van der Waals surface area contributed by atoms with E-state index in [1.54, 1.807) is 13.8 Å². The van der Waals surface area contributed by atoms with Crippen LogP contribution in [0.4, 0.5) is 0 Å². The number of nitrogens with zero attached hydrogens (tertiary/aromatic N) is 2. The highest BCUT2D eigenvalue weighted by atomic mass is 16.2. The maximum Gasteiger partial charge on any atom is 0.219 e. The second-order valence-corrected chi connectivity index (χ2v) is 5.42. The zero-order chi connectivity index (χ0) is 13.1. The molecule has 0 radical (unpaired) electrons. The minimum absolute atomic E-state index is 0. The van der Waals surface area contributed by atoms with Crippen LogP contribution in [0.1, 0.15) is 40.5 Å². The van der Waals surface area contributed by atoms with Crippen LogP contribution in [0.5, 0.6) is 0 Å².